The van der Waals surface area contributed by atoms with E-state index < -0.39 is 0 Å². The van der Waals surface area contributed by atoms with Crippen LogP contribution in [0.25, 0.3) is 0 Å². The van der Waals surface area contributed by atoms with Crippen LogP contribution in [0.3, 0.4) is 0 Å². The molecule has 0 aromatic carbocycles. The minimum Gasteiger partial charge on any atom is -0.381 e. The molecular weight excluding hydrogens is 200 g/mol. The van der Waals surface area contributed by atoms with Crippen molar-refractivity contribution < 1.29 is 4.74 Å². The summed E-state index contributed by atoms with van der Waals surface area (Å²) in [7, 11) is 0. The van der Waals surface area contributed by atoms with Gasteiger partial charge in [-0.05, 0) is 32.1 Å². The summed E-state index contributed by atoms with van der Waals surface area (Å²) in [4.78, 5) is 0. The van der Waals surface area contributed by atoms with Crippen LogP contribution in [-0.4, -0.2) is 24.8 Å². The normalized spacial score (nSPS) is 23.8. The van der Waals surface area contributed by atoms with Gasteiger partial charge in [0.15, 0.2) is 0 Å². The van der Waals surface area contributed by atoms with Crippen molar-refractivity contribution in [3.05, 3.63) is 0 Å². The van der Waals surface area contributed by atoms with Crippen LogP contribution in [0.4, 0.5) is 0 Å². The minimum absolute atomic E-state index is 0.388. The van der Waals surface area contributed by atoms with Gasteiger partial charge in [0.25, 0.3) is 0 Å². The molecule has 0 spiro atoms. The molecule has 0 heterocycles. The Labute approximate surface area is 98.2 Å². The lowest BCUT2D eigenvalue weighted by Crippen LogP contribution is -2.43. The predicted octanol–water partition coefficient (Wildman–Crippen LogP) is 2.23. The molecule has 0 bridgehead atoms. The van der Waals surface area contributed by atoms with E-state index in [0.29, 0.717) is 12.6 Å². The fraction of sp³-hybridized carbons (Fsp3) is 0.923. The summed E-state index contributed by atoms with van der Waals surface area (Å²) in [5.74, 6) is 0.937. The molecule has 0 aromatic heterocycles. The van der Waals surface area contributed by atoms with Crippen molar-refractivity contribution in [1.29, 1.82) is 5.26 Å². The summed E-state index contributed by atoms with van der Waals surface area (Å²) in [6.45, 7) is 3.56. The third-order valence-corrected chi connectivity index (χ3v) is 3.46. The molecule has 2 rings (SSSR count). The first-order valence-corrected chi connectivity index (χ1v) is 6.48. The van der Waals surface area contributed by atoms with E-state index in [9.17, 15) is 0 Å². The van der Waals surface area contributed by atoms with Crippen molar-refractivity contribution in [3.8, 4) is 6.07 Å². The number of hydrogen-bond donors (Lipinski definition) is 1. The third-order valence-electron chi connectivity index (χ3n) is 3.46. The predicted molar refractivity (Wildman–Crippen MR) is 63.0 cm³/mol. The van der Waals surface area contributed by atoms with Gasteiger partial charge in [0.1, 0.15) is 5.54 Å². The van der Waals surface area contributed by atoms with Gasteiger partial charge in [0, 0.05) is 25.7 Å². The summed E-state index contributed by atoms with van der Waals surface area (Å²) in [6.07, 6.45) is 7.23. The van der Waals surface area contributed by atoms with Crippen LogP contribution in [-0.2, 0) is 4.74 Å². The summed E-state index contributed by atoms with van der Waals surface area (Å²) in [5.41, 5.74) is -0.388. The second-order valence-electron chi connectivity index (χ2n) is 5.46. The van der Waals surface area contributed by atoms with E-state index >= 15 is 0 Å². The van der Waals surface area contributed by atoms with E-state index in [1.165, 1.54) is 32.1 Å². The highest BCUT2D eigenvalue weighted by molar-refractivity contribution is 5.06. The second-order valence-corrected chi connectivity index (χ2v) is 5.46. The monoisotopic (exact) mass is 222 g/mol. The summed E-state index contributed by atoms with van der Waals surface area (Å²) >= 11 is 0. The Morgan fingerprint density at radius 3 is 2.62 bits per heavy atom. The minimum atomic E-state index is -0.388. The van der Waals surface area contributed by atoms with E-state index in [1.54, 1.807) is 0 Å². The highest BCUT2D eigenvalue weighted by atomic mass is 16.5. The summed E-state index contributed by atoms with van der Waals surface area (Å²) in [6, 6.07) is 2.95. The Morgan fingerprint density at radius 2 is 2.06 bits per heavy atom. The molecule has 0 aliphatic heterocycles. The smallest absolute Gasteiger partial charge is 0.106 e. The van der Waals surface area contributed by atoms with Crippen molar-refractivity contribution in [2.75, 3.05) is 13.2 Å². The van der Waals surface area contributed by atoms with Crippen molar-refractivity contribution in [2.24, 2.45) is 5.92 Å². The molecule has 1 N–H and O–H groups in total. The van der Waals surface area contributed by atoms with E-state index in [0.717, 1.165) is 18.9 Å². The molecule has 90 valence electrons. The van der Waals surface area contributed by atoms with E-state index in [2.05, 4.69) is 11.4 Å². The van der Waals surface area contributed by atoms with Gasteiger partial charge >= 0.3 is 0 Å². The molecule has 1 unspecified atom stereocenters. The van der Waals surface area contributed by atoms with Crippen molar-refractivity contribution >= 4 is 0 Å². The molecular formula is C13H22N2O. The van der Waals surface area contributed by atoms with Crippen LogP contribution in [0, 0.1) is 17.2 Å². The maximum Gasteiger partial charge on any atom is 0.106 e. The molecule has 2 fully saturated rings. The summed E-state index contributed by atoms with van der Waals surface area (Å²) < 4.78 is 5.59. The Morgan fingerprint density at radius 1 is 1.31 bits per heavy atom. The van der Waals surface area contributed by atoms with Crippen LogP contribution >= 0.6 is 0 Å². The van der Waals surface area contributed by atoms with Crippen LogP contribution in [0.1, 0.15) is 45.4 Å². The Bertz CT molecular complexity index is 266. The molecule has 2 aliphatic carbocycles. The zero-order chi connectivity index (χ0) is 11.4. The van der Waals surface area contributed by atoms with Crippen LogP contribution in [0.5, 0.6) is 0 Å². The molecule has 2 aliphatic rings. The largest absolute Gasteiger partial charge is 0.381 e. The van der Waals surface area contributed by atoms with Gasteiger partial charge in [-0.15, -0.1) is 0 Å². The van der Waals surface area contributed by atoms with E-state index in [1.807, 2.05) is 6.92 Å². The summed E-state index contributed by atoms with van der Waals surface area (Å²) in [5, 5.41) is 12.5. The van der Waals surface area contributed by atoms with Crippen LogP contribution in [0.15, 0.2) is 0 Å². The van der Waals surface area contributed by atoms with Gasteiger partial charge in [0.2, 0.25) is 0 Å². The number of hydrogen-bond acceptors (Lipinski definition) is 3. The first-order chi connectivity index (χ1) is 7.72. The first-order valence-electron chi connectivity index (χ1n) is 6.48. The average Bonchev–Trinajstić information content (AvgIpc) is 3.11. The SMILES string of the molecule is CC(C#N)(CCOCCC1CC1)NC1CC1. The van der Waals surface area contributed by atoms with Crippen molar-refractivity contribution in [1.82, 2.24) is 5.32 Å². The first kappa shape index (κ1) is 11.9. The van der Waals surface area contributed by atoms with Gasteiger partial charge in [0.05, 0.1) is 6.07 Å². The van der Waals surface area contributed by atoms with Crippen LogP contribution in [0.2, 0.25) is 0 Å². The molecule has 0 saturated heterocycles. The molecule has 3 heteroatoms. The number of nitrogens with one attached hydrogen (secondary N) is 1. The third kappa shape index (κ3) is 4.11. The van der Waals surface area contributed by atoms with Crippen molar-refractivity contribution in [3.63, 3.8) is 0 Å². The maximum absolute atomic E-state index is 9.15. The average molecular weight is 222 g/mol. The fourth-order valence-corrected chi connectivity index (χ4v) is 1.87. The topological polar surface area (TPSA) is 45.0 Å². The van der Waals surface area contributed by atoms with E-state index in [4.69, 9.17) is 10.00 Å². The lowest BCUT2D eigenvalue weighted by molar-refractivity contribution is 0.113. The van der Waals surface area contributed by atoms with Crippen molar-refractivity contribution in [2.45, 2.75) is 57.0 Å². The molecule has 0 amide bonds. The molecule has 16 heavy (non-hydrogen) atoms. The number of ether oxygens (including phenoxy) is 1. The van der Waals surface area contributed by atoms with Gasteiger partial charge in [-0.25, -0.2) is 0 Å². The Hall–Kier alpha value is -0.590. The fourth-order valence-electron chi connectivity index (χ4n) is 1.87. The second kappa shape index (κ2) is 5.16. The van der Waals surface area contributed by atoms with Gasteiger partial charge < -0.3 is 4.74 Å². The van der Waals surface area contributed by atoms with Gasteiger partial charge in [-0.3, -0.25) is 5.32 Å². The Kier molecular flexibility index (Phi) is 3.83. The number of rotatable bonds is 8. The molecule has 0 radical (unpaired) electrons. The molecule has 2 saturated carbocycles. The standard InChI is InChI=1S/C13H22N2O/c1-13(10-14,15-12-4-5-12)7-9-16-8-6-11-2-3-11/h11-12,15H,2-9H2,1H3. The lowest BCUT2D eigenvalue weighted by Gasteiger charge is -2.23. The van der Waals surface area contributed by atoms with Gasteiger partial charge in [-0.1, -0.05) is 12.8 Å². The quantitative estimate of drug-likeness (QED) is 0.640. The molecule has 3 nitrogen and oxygen atoms in total. The molecule has 0 aromatic rings. The van der Waals surface area contributed by atoms with E-state index in [-0.39, 0.29) is 5.54 Å². The number of nitriles is 1. The zero-order valence-corrected chi connectivity index (χ0v) is 10.2. The zero-order valence-electron chi connectivity index (χ0n) is 10.2. The highest BCUT2D eigenvalue weighted by Gasteiger charge is 2.32. The Balaban J connectivity index is 1.55. The maximum atomic E-state index is 9.15. The lowest BCUT2D eigenvalue weighted by atomic mass is 10.0. The highest BCUT2D eigenvalue weighted by Crippen LogP contribution is 2.32. The van der Waals surface area contributed by atoms with Crippen LogP contribution < -0.4 is 5.32 Å². The number of nitrogens with zero attached hydrogens (tertiary/aromatic N) is 1. The van der Waals surface area contributed by atoms with Gasteiger partial charge in [-0.2, -0.15) is 5.26 Å². The molecule has 1 atom stereocenters.